The first-order chi connectivity index (χ1) is 15.4. The van der Waals surface area contributed by atoms with Crippen LogP contribution in [-0.4, -0.2) is 20.8 Å². The van der Waals surface area contributed by atoms with Crippen LogP contribution in [0.5, 0.6) is 5.75 Å². The zero-order valence-electron chi connectivity index (χ0n) is 17.4. The summed E-state index contributed by atoms with van der Waals surface area (Å²) in [7, 11) is 0. The van der Waals surface area contributed by atoms with Gasteiger partial charge in [-0.1, -0.05) is 35.0 Å². The molecule has 2 aromatic carbocycles. The number of halogens is 2. The van der Waals surface area contributed by atoms with Gasteiger partial charge in [0.15, 0.2) is 11.5 Å². The minimum absolute atomic E-state index is 0.0453. The second-order valence-corrected chi connectivity index (χ2v) is 7.59. The van der Waals surface area contributed by atoms with E-state index in [0.29, 0.717) is 34.5 Å². The van der Waals surface area contributed by atoms with Gasteiger partial charge in [-0.15, -0.1) is 0 Å². The third-order valence-corrected chi connectivity index (χ3v) is 5.27. The van der Waals surface area contributed by atoms with Gasteiger partial charge in [-0.3, -0.25) is 9.48 Å². The summed E-state index contributed by atoms with van der Waals surface area (Å²) in [4.78, 5) is 12.8. The van der Waals surface area contributed by atoms with E-state index in [-0.39, 0.29) is 18.1 Å². The lowest BCUT2D eigenvalue weighted by molar-refractivity contribution is 0.101. The molecule has 0 bridgehead atoms. The maximum absolute atomic E-state index is 13.1. The standard InChI is InChI=1S/C23H20ClFN4O3/c1-14-11-21(27-29(14)12-16-5-3-4-6-20(16)24)26-23(30)22-19(15(2)32-28-22)13-31-18-9-7-17(25)8-10-18/h3-11H,12-13H2,1-2H3,(H,26,27,30). The molecule has 32 heavy (non-hydrogen) atoms. The summed E-state index contributed by atoms with van der Waals surface area (Å²) in [5.41, 5.74) is 2.38. The fourth-order valence-electron chi connectivity index (χ4n) is 3.12. The number of nitrogens with one attached hydrogen (secondary N) is 1. The van der Waals surface area contributed by atoms with Crippen LogP contribution in [0.15, 0.2) is 59.1 Å². The van der Waals surface area contributed by atoms with Crippen molar-refractivity contribution in [3.05, 3.63) is 93.7 Å². The molecular formula is C23H20ClFN4O3. The van der Waals surface area contributed by atoms with Gasteiger partial charge in [0.1, 0.15) is 23.9 Å². The zero-order valence-corrected chi connectivity index (χ0v) is 18.2. The number of hydrogen-bond acceptors (Lipinski definition) is 5. The fraction of sp³-hybridized carbons (Fsp3) is 0.174. The summed E-state index contributed by atoms with van der Waals surface area (Å²) in [6.45, 7) is 4.10. The normalized spacial score (nSPS) is 10.9. The van der Waals surface area contributed by atoms with Crippen LogP contribution < -0.4 is 10.1 Å². The van der Waals surface area contributed by atoms with Crippen LogP contribution in [0, 0.1) is 19.7 Å². The molecule has 0 spiro atoms. The molecule has 4 aromatic rings. The molecule has 0 saturated heterocycles. The van der Waals surface area contributed by atoms with Gasteiger partial charge >= 0.3 is 0 Å². The molecule has 164 valence electrons. The van der Waals surface area contributed by atoms with Crippen molar-refractivity contribution in [3.63, 3.8) is 0 Å². The third-order valence-electron chi connectivity index (χ3n) is 4.90. The van der Waals surface area contributed by atoms with Crippen LogP contribution >= 0.6 is 11.6 Å². The summed E-state index contributed by atoms with van der Waals surface area (Å²) in [6.07, 6.45) is 0. The molecule has 1 N–H and O–H groups in total. The first-order valence-electron chi connectivity index (χ1n) is 9.83. The number of hydrogen-bond donors (Lipinski definition) is 1. The van der Waals surface area contributed by atoms with E-state index in [0.717, 1.165) is 11.3 Å². The Hall–Kier alpha value is -3.65. The van der Waals surface area contributed by atoms with Crippen LogP contribution in [0.3, 0.4) is 0 Å². The molecule has 0 aliphatic heterocycles. The van der Waals surface area contributed by atoms with E-state index < -0.39 is 5.91 Å². The lowest BCUT2D eigenvalue weighted by atomic mass is 10.2. The monoisotopic (exact) mass is 454 g/mol. The van der Waals surface area contributed by atoms with E-state index >= 15 is 0 Å². The van der Waals surface area contributed by atoms with E-state index in [1.54, 1.807) is 17.7 Å². The number of anilines is 1. The van der Waals surface area contributed by atoms with Crippen molar-refractivity contribution in [2.24, 2.45) is 0 Å². The lowest BCUT2D eigenvalue weighted by Crippen LogP contribution is -2.16. The molecule has 2 heterocycles. The van der Waals surface area contributed by atoms with Crippen LogP contribution in [0.4, 0.5) is 10.2 Å². The molecule has 0 radical (unpaired) electrons. The van der Waals surface area contributed by atoms with Crippen LogP contribution in [0.1, 0.15) is 33.1 Å². The number of carbonyl (C=O) groups excluding carboxylic acids is 1. The molecule has 4 rings (SSSR count). The average Bonchev–Trinajstić information content (AvgIpc) is 3.31. The highest BCUT2D eigenvalue weighted by Crippen LogP contribution is 2.21. The van der Waals surface area contributed by atoms with Gasteiger partial charge < -0.3 is 14.6 Å². The second-order valence-electron chi connectivity index (χ2n) is 7.18. The van der Waals surface area contributed by atoms with E-state index in [9.17, 15) is 9.18 Å². The number of aryl methyl sites for hydroxylation is 2. The Morgan fingerprint density at radius 3 is 2.69 bits per heavy atom. The van der Waals surface area contributed by atoms with Crippen LogP contribution in [0.25, 0.3) is 0 Å². The first kappa shape index (κ1) is 21.6. The second kappa shape index (κ2) is 9.23. The number of nitrogens with zero attached hydrogens (tertiary/aromatic N) is 3. The van der Waals surface area contributed by atoms with E-state index in [1.807, 2.05) is 31.2 Å². The summed E-state index contributed by atoms with van der Waals surface area (Å²) in [5, 5.41) is 11.7. The summed E-state index contributed by atoms with van der Waals surface area (Å²) >= 11 is 6.24. The van der Waals surface area contributed by atoms with Crippen LogP contribution in [-0.2, 0) is 13.2 Å². The quantitative estimate of drug-likeness (QED) is 0.417. The number of rotatable bonds is 7. The average molecular weight is 455 g/mol. The van der Waals surface area contributed by atoms with Gasteiger partial charge in [0.05, 0.1) is 12.1 Å². The zero-order chi connectivity index (χ0) is 22.7. The highest BCUT2D eigenvalue weighted by molar-refractivity contribution is 6.31. The van der Waals surface area contributed by atoms with Gasteiger partial charge in [-0.25, -0.2) is 4.39 Å². The van der Waals surface area contributed by atoms with Gasteiger partial charge in [0, 0.05) is 16.8 Å². The predicted octanol–water partition coefficient (Wildman–Crippen LogP) is 5.16. The maximum Gasteiger partial charge on any atom is 0.279 e. The molecule has 9 heteroatoms. The topological polar surface area (TPSA) is 82.2 Å². The Morgan fingerprint density at radius 2 is 1.94 bits per heavy atom. The molecule has 0 unspecified atom stereocenters. The lowest BCUT2D eigenvalue weighted by Gasteiger charge is -2.07. The molecule has 7 nitrogen and oxygen atoms in total. The van der Waals surface area contributed by atoms with E-state index in [1.165, 1.54) is 24.3 Å². The van der Waals surface area contributed by atoms with Gasteiger partial charge in [-0.2, -0.15) is 5.10 Å². The number of carbonyl (C=O) groups is 1. The van der Waals surface area contributed by atoms with Crippen molar-refractivity contribution in [2.45, 2.75) is 27.0 Å². The van der Waals surface area contributed by atoms with Gasteiger partial charge in [0.2, 0.25) is 0 Å². The Morgan fingerprint density at radius 1 is 1.19 bits per heavy atom. The Balaban J connectivity index is 1.46. The van der Waals surface area contributed by atoms with Gasteiger partial charge in [-0.05, 0) is 49.7 Å². The molecule has 1 amide bonds. The predicted molar refractivity (Wildman–Crippen MR) is 117 cm³/mol. The SMILES string of the molecule is Cc1onc(C(=O)Nc2cc(C)n(Cc3ccccc3Cl)n2)c1COc1ccc(F)cc1. The molecule has 0 atom stereocenters. The van der Waals surface area contributed by atoms with Crippen LogP contribution in [0.2, 0.25) is 5.02 Å². The Labute approximate surface area is 188 Å². The van der Waals surface area contributed by atoms with Crippen molar-refractivity contribution < 1.29 is 18.4 Å². The number of ether oxygens (including phenoxy) is 1. The summed E-state index contributed by atoms with van der Waals surface area (Å²) in [5.74, 6) is 0.473. The highest BCUT2D eigenvalue weighted by atomic mass is 35.5. The van der Waals surface area contributed by atoms with E-state index in [4.69, 9.17) is 20.9 Å². The summed E-state index contributed by atoms with van der Waals surface area (Å²) < 4.78 is 25.7. The Kier molecular flexibility index (Phi) is 6.23. The largest absolute Gasteiger partial charge is 0.489 e. The van der Waals surface area contributed by atoms with Crippen molar-refractivity contribution in [2.75, 3.05) is 5.32 Å². The highest BCUT2D eigenvalue weighted by Gasteiger charge is 2.21. The Bertz CT molecular complexity index is 1250. The molecule has 0 aliphatic rings. The minimum Gasteiger partial charge on any atom is -0.489 e. The van der Waals surface area contributed by atoms with Crippen molar-refractivity contribution >= 4 is 23.3 Å². The summed E-state index contributed by atoms with van der Waals surface area (Å²) in [6, 6.07) is 14.9. The first-order valence-corrected chi connectivity index (χ1v) is 10.2. The molecule has 0 aliphatic carbocycles. The maximum atomic E-state index is 13.1. The number of benzene rings is 2. The molecule has 2 aromatic heterocycles. The number of amides is 1. The third kappa shape index (κ3) is 4.81. The fourth-order valence-corrected chi connectivity index (χ4v) is 3.32. The smallest absolute Gasteiger partial charge is 0.279 e. The molecular weight excluding hydrogens is 435 g/mol. The molecule has 0 fully saturated rings. The van der Waals surface area contributed by atoms with Crippen molar-refractivity contribution in [1.29, 1.82) is 0 Å². The van der Waals surface area contributed by atoms with E-state index in [2.05, 4.69) is 15.6 Å². The molecule has 0 saturated carbocycles. The number of aromatic nitrogens is 3. The van der Waals surface area contributed by atoms with Crippen molar-refractivity contribution in [1.82, 2.24) is 14.9 Å². The van der Waals surface area contributed by atoms with Crippen molar-refractivity contribution in [3.8, 4) is 5.75 Å². The minimum atomic E-state index is -0.470. The van der Waals surface area contributed by atoms with Gasteiger partial charge in [0.25, 0.3) is 5.91 Å².